The second kappa shape index (κ2) is 7.22. The normalized spacial score (nSPS) is 15.1. The Morgan fingerprint density at radius 1 is 0.966 bits per heavy atom. The van der Waals surface area contributed by atoms with Crippen molar-refractivity contribution in [3.8, 4) is 0 Å². The van der Waals surface area contributed by atoms with Crippen molar-refractivity contribution in [2.45, 2.75) is 0 Å². The number of benzene rings is 2. The van der Waals surface area contributed by atoms with Crippen molar-refractivity contribution in [1.82, 2.24) is 14.9 Å². The molecule has 2 aromatic heterocycles. The molecule has 6 heteroatoms. The molecule has 6 nitrogen and oxygen atoms in total. The summed E-state index contributed by atoms with van der Waals surface area (Å²) in [7, 11) is 2.14. The predicted molar refractivity (Wildman–Crippen MR) is 118 cm³/mol. The van der Waals surface area contributed by atoms with Gasteiger partial charge in [-0.3, -0.25) is 4.79 Å². The molecule has 0 spiro atoms. The monoisotopic (exact) mass is 385 g/mol. The molecule has 1 amide bonds. The number of likely N-dealkylation sites (N-methyl/N-ethyl adjacent to an activating group) is 1. The van der Waals surface area contributed by atoms with Gasteiger partial charge in [0.25, 0.3) is 5.91 Å². The number of fused-ring (bicyclic) bond motifs is 3. The first-order chi connectivity index (χ1) is 14.2. The fourth-order valence-electron chi connectivity index (χ4n) is 4.03. The van der Waals surface area contributed by atoms with Gasteiger partial charge in [0.15, 0.2) is 5.69 Å². The lowest BCUT2D eigenvalue weighted by molar-refractivity contribution is 0.102. The van der Waals surface area contributed by atoms with Crippen LogP contribution in [0.3, 0.4) is 0 Å². The molecule has 0 aliphatic carbocycles. The van der Waals surface area contributed by atoms with Crippen LogP contribution in [0.25, 0.3) is 21.8 Å². The highest BCUT2D eigenvalue weighted by Crippen LogP contribution is 2.29. The van der Waals surface area contributed by atoms with Crippen LogP contribution in [0.1, 0.15) is 10.5 Å². The van der Waals surface area contributed by atoms with E-state index in [1.54, 1.807) is 6.20 Å². The van der Waals surface area contributed by atoms with Gasteiger partial charge in [0, 0.05) is 48.7 Å². The number of pyridine rings is 1. The van der Waals surface area contributed by atoms with Crippen molar-refractivity contribution in [2.75, 3.05) is 43.4 Å². The summed E-state index contributed by atoms with van der Waals surface area (Å²) in [4.78, 5) is 25.6. The largest absolute Gasteiger partial charge is 0.367 e. The Labute approximate surface area is 169 Å². The Hall–Kier alpha value is -3.38. The van der Waals surface area contributed by atoms with Crippen LogP contribution in [0, 0.1) is 0 Å². The zero-order valence-electron chi connectivity index (χ0n) is 16.4. The number of aromatic nitrogens is 2. The first-order valence-electron chi connectivity index (χ1n) is 9.90. The molecule has 1 aliphatic rings. The third-order valence-electron chi connectivity index (χ3n) is 5.64. The molecule has 1 aliphatic heterocycles. The van der Waals surface area contributed by atoms with Crippen molar-refractivity contribution >= 4 is 39.1 Å². The minimum Gasteiger partial charge on any atom is -0.367 e. The zero-order valence-corrected chi connectivity index (χ0v) is 16.4. The molecule has 0 atom stereocenters. The van der Waals surface area contributed by atoms with E-state index in [4.69, 9.17) is 0 Å². The smallest absolute Gasteiger partial charge is 0.276 e. The number of amides is 1. The standard InChI is InChI=1S/C23H23N5O/c1-27-12-14-28(15-13-27)20-9-5-4-8-19(20)26-23(29)22-21-17(10-11-24-22)16-6-2-3-7-18(16)25-21/h2-11,25H,12-15H2,1H3,(H,26,29). The lowest BCUT2D eigenvalue weighted by Crippen LogP contribution is -2.44. The first kappa shape index (κ1) is 17.7. The Kier molecular flexibility index (Phi) is 4.41. The molecule has 1 saturated heterocycles. The van der Waals surface area contributed by atoms with Gasteiger partial charge in [-0.15, -0.1) is 0 Å². The number of carbonyl (C=O) groups excluding carboxylic acids is 1. The average molecular weight is 385 g/mol. The van der Waals surface area contributed by atoms with Crippen LogP contribution >= 0.6 is 0 Å². The lowest BCUT2D eigenvalue weighted by Gasteiger charge is -2.35. The molecule has 2 aromatic carbocycles. The van der Waals surface area contributed by atoms with E-state index >= 15 is 0 Å². The summed E-state index contributed by atoms with van der Waals surface area (Å²) in [6.07, 6.45) is 1.70. The molecule has 0 radical (unpaired) electrons. The SMILES string of the molecule is CN1CCN(c2ccccc2NC(=O)c2nccc3c2[nH]c2ccccc23)CC1. The molecule has 1 fully saturated rings. The van der Waals surface area contributed by atoms with Gasteiger partial charge in [-0.2, -0.15) is 0 Å². The van der Waals surface area contributed by atoms with E-state index in [1.807, 2.05) is 42.5 Å². The van der Waals surface area contributed by atoms with E-state index in [-0.39, 0.29) is 5.91 Å². The van der Waals surface area contributed by atoms with Crippen LogP contribution < -0.4 is 10.2 Å². The maximum atomic E-state index is 13.2. The van der Waals surface area contributed by atoms with E-state index in [0.29, 0.717) is 5.69 Å². The molecule has 0 bridgehead atoms. The topological polar surface area (TPSA) is 64.3 Å². The highest BCUT2D eigenvalue weighted by molar-refractivity contribution is 6.17. The van der Waals surface area contributed by atoms with E-state index in [0.717, 1.165) is 59.4 Å². The number of piperazine rings is 1. The number of aromatic amines is 1. The molecule has 4 aromatic rings. The third-order valence-corrected chi connectivity index (χ3v) is 5.64. The van der Waals surface area contributed by atoms with Gasteiger partial charge in [-0.05, 0) is 31.3 Å². The third kappa shape index (κ3) is 3.21. The summed E-state index contributed by atoms with van der Waals surface area (Å²) in [6.45, 7) is 3.91. The molecule has 0 saturated carbocycles. The minimum absolute atomic E-state index is 0.205. The predicted octanol–water partition coefficient (Wildman–Crippen LogP) is 3.72. The molecule has 5 rings (SSSR count). The van der Waals surface area contributed by atoms with E-state index in [1.165, 1.54) is 0 Å². The summed E-state index contributed by atoms with van der Waals surface area (Å²) < 4.78 is 0. The van der Waals surface area contributed by atoms with E-state index in [2.05, 4.69) is 44.3 Å². The number of hydrogen-bond acceptors (Lipinski definition) is 4. The zero-order chi connectivity index (χ0) is 19.8. The van der Waals surface area contributed by atoms with Crippen LogP contribution in [0.5, 0.6) is 0 Å². The van der Waals surface area contributed by atoms with Crippen molar-refractivity contribution in [2.24, 2.45) is 0 Å². The Balaban J connectivity index is 1.49. The highest BCUT2D eigenvalue weighted by Gasteiger charge is 2.20. The molecule has 0 unspecified atom stereocenters. The second-order valence-corrected chi connectivity index (χ2v) is 7.51. The molecule has 3 heterocycles. The Morgan fingerprint density at radius 3 is 2.59 bits per heavy atom. The van der Waals surface area contributed by atoms with Crippen LogP contribution in [0.2, 0.25) is 0 Å². The summed E-state index contributed by atoms with van der Waals surface area (Å²) >= 11 is 0. The summed E-state index contributed by atoms with van der Waals surface area (Å²) in [5, 5.41) is 5.20. The minimum atomic E-state index is -0.205. The van der Waals surface area contributed by atoms with Gasteiger partial charge >= 0.3 is 0 Å². The number of carbonyl (C=O) groups is 1. The quantitative estimate of drug-likeness (QED) is 0.564. The van der Waals surface area contributed by atoms with Gasteiger partial charge in [-0.25, -0.2) is 4.98 Å². The Morgan fingerprint density at radius 2 is 1.72 bits per heavy atom. The van der Waals surface area contributed by atoms with Crippen molar-refractivity contribution in [3.63, 3.8) is 0 Å². The average Bonchev–Trinajstić information content (AvgIpc) is 3.13. The fourth-order valence-corrected chi connectivity index (χ4v) is 4.03. The maximum Gasteiger partial charge on any atom is 0.276 e. The van der Waals surface area contributed by atoms with Gasteiger partial charge in [-0.1, -0.05) is 30.3 Å². The van der Waals surface area contributed by atoms with Crippen LogP contribution in [-0.2, 0) is 0 Å². The Bertz CT molecular complexity index is 1190. The number of nitrogens with zero attached hydrogens (tertiary/aromatic N) is 3. The number of anilines is 2. The van der Waals surface area contributed by atoms with Gasteiger partial charge in [0.1, 0.15) is 0 Å². The number of para-hydroxylation sites is 3. The fraction of sp³-hybridized carbons (Fsp3) is 0.217. The second-order valence-electron chi connectivity index (χ2n) is 7.51. The van der Waals surface area contributed by atoms with E-state index in [9.17, 15) is 4.79 Å². The van der Waals surface area contributed by atoms with Crippen molar-refractivity contribution in [1.29, 1.82) is 0 Å². The summed E-state index contributed by atoms with van der Waals surface area (Å²) in [5.41, 5.74) is 4.05. The van der Waals surface area contributed by atoms with Gasteiger partial charge < -0.3 is 20.1 Å². The molecule has 146 valence electrons. The maximum absolute atomic E-state index is 13.2. The van der Waals surface area contributed by atoms with Crippen molar-refractivity contribution in [3.05, 3.63) is 66.5 Å². The molecule has 2 N–H and O–H groups in total. The highest BCUT2D eigenvalue weighted by atomic mass is 16.1. The molecular weight excluding hydrogens is 362 g/mol. The van der Waals surface area contributed by atoms with Crippen LogP contribution in [0.15, 0.2) is 60.8 Å². The summed E-state index contributed by atoms with van der Waals surface area (Å²) in [6, 6.07) is 18.0. The van der Waals surface area contributed by atoms with Crippen molar-refractivity contribution < 1.29 is 4.79 Å². The number of hydrogen-bond donors (Lipinski definition) is 2. The first-order valence-corrected chi connectivity index (χ1v) is 9.90. The number of H-pyrrole nitrogens is 1. The lowest BCUT2D eigenvalue weighted by atomic mass is 10.1. The van der Waals surface area contributed by atoms with Gasteiger partial charge in [0.05, 0.1) is 16.9 Å². The molecule has 29 heavy (non-hydrogen) atoms. The summed E-state index contributed by atoms with van der Waals surface area (Å²) in [5.74, 6) is -0.205. The number of rotatable bonds is 3. The van der Waals surface area contributed by atoms with Crippen LogP contribution in [-0.4, -0.2) is 54.0 Å². The van der Waals surface area contributed by atoms with Crippen LogP contribution in [0.4, 0.5) is 11.4 Å². The number of nitrogens with one attached hydrogen (secondary N) is 2. The van der Waals surface area contributed by atoms with E-state index < -0.39 is 0 Å². The molecular formula is C23H23N5O. The van der Waals surface area contributed by atoms with Gasteiger partial charge in [0.2, 0.25) is 0 Å².